The maximum atomic E-state index is 11.6. The van der Waals surface area contributed by atoms with Crippen LogP contribution in [-0.4, -0.2) is 34.7 Å². The Kier molecular flexibility index (Phi) is 6.21. The maximum Gasteiger partial charge on any atom is 0.230 e. The van der Waals surface area contributed by atoms with Gasteiger partial charge < -0.3 is 10.4 Å². The number of carbonyl (C=O) groups is 1. The molecule has 0 saturated heterocycles. The topological polar surface area (TPSA) is 49.3 Å². The van der Waals surface area contributed by atoms with Crippen molar-refractivity contribution in [1.29, 1.82) is 0 Å². The minimum absolute atomic E-state index is 0.116. The van der Waals surface area contributed by atoms with Gasteiger partial charge in [-0.3, -0.25) is 4.79 Å². The number of hydrogen-bond donors (Lipinski definition) is 2. The summed E-state index contributed by atoms with van der Waals surface area (Å²) in [4.78, 5) is 11.6. The van der Waals surface area contributed by atoms with Crippen molar-refractivity contribution in [3.63, 3.8) is 0 Å². The van der Waals surface area contributed by atoms with Gasteiger partial charge in [0.25, 0.3) is 0 Å². The van der Waals surface area contributed by atoms with Gasteiger partial charge in [-0.05, 0) is 31.6 Å². The highest BCUT2D eigenvalue weighted by Crippen LogP contribution is 2.23. The number of thioether (sulfide) groups is 1. The summed E-state index contributed by atoms with van der Waals surface area (Å²) in [5.41, 5.74) is 0. The Morgan fingerprint density at radius 2 is 2.06 bits per heavy atom. The first-order valence-corrected chi connectivity index (χ1v) is 7.18. The molecule has 1 aliphatic rings. The van der Waals surface area contributed by atoms with Crippen molar-refractivity contribution in [3.05, 3.63) is 0 Å². The zero-order valence-electron chi connectivity index (χ0n) is 10.2. The minimum Gasteiger partial charge on any atom is -0.395 e. The van der Waals surface area contributed by atoms with Crippen molar-refractivity contribution in [1.82, 2.24) is 5.32 Å². The van der Waals surface area contributed by atoms with E-state index in [2.05, 4.69) is 12.2 Å². The fourth-order valence-electron chi connectivity index (χ4n) is 1.94. The third-order valence-corrected chi connectivity index (χ3v) is 4.28. The smallest absolute Gasteiger partial charge is 0.230 e. The Morgan fingerprint density at radius 1 is 1.44 bits per heavy atom. The summed E-state index contributed by atoms with van der Waals surface area (Å²) in [7, 11) is 0. The lowest BCUT2D eigenvalue weighted by molar-refractivity contribution is -0.119. The summed E-state index contributed by atoms with van der Waals surface area (Å²) < 4.78 is 0. The third kappa shape index (κ3) is 5.21. The molecule has 4 heteroatoms. The molecule has 0 aromatic carbocycles. The molecule has 3 nitrogen and oxygen atoms in total. The van der Waals surface area contributed by atoms with Gasteiger partial charge >= 0.3 is 0 Å². The molecule has 1 fully saturated rings. The first kappa shape index (κ1) is 13.8. The minimum atomic E-state index is 0.116. The molecule has 1 rings (SSSR count). The summed E-state index contributed by atoms with van der Waals surface area (Å²) in [6, 6.07) is 0.383. The molecule has 0 aliphatic heterocycles. The van der Waals surface area contributed by atoms with Crippen LogP contribution in [0.25, 0.3) is 0 Å². The molecule has 0 spiro atoms. The standard InChI is InChI=1S/C12H23NO2S/c1-9-3-5-11(6-4-9)13-12(15)8-16-10(2)7-14/h9-11,14H,3-8H2,1-2H3,(H,13,15). The molecule has 0 aromatic heterocycles. The van der Waals surface area contributed by atoms with Crippen molar-refractivity contribution >= 4 is 17.7 Å². The fraction of sp³-hybridized carbons (Fsp3) is 0.917. The molecule has 0 aromatic rings. The van der Waals surface area contributed by atoms with Gasteiger partial charge in [-0.25, -0.2) is 0 Å². The molecule has 0 heterocycles. The van der Waals surface area contributed by atoms with Crippen LogP contribution < -0.4 is 5.32 Å². The van der Waals surface area contributed by atoms with Crippen LogP contribution in [0.3, 0.4) is 0 Å². The normalized spacial score (nSPS) is 27.4. The van der Waals surface area contributed by atoms with Crippen LogP contribution in [0.4, 0.5) is 0 Å². The average Bonchev–Trinajstić information content (AvgIpc) is 2.29. The highest BCUT2D eigenvalue weighted by Gasteiger charge is 2.19. The number of nitrogens with one attached hydrogen (secondary N) is 1. The lowest BCUT2D eigenvalue weighted by atomic mass is 9.87. The predicted octanol–water partition coefficient (Wildman–Crippen LogP) is 1.80. The molecule has 2 N–H and O–H groups in total. The van der Waals surface area contributed by atoms with E-state index in [1.165, 1.54) is 24.6 Å². The second kappa shape index (κ2) is 7.17. The van der Waals surface area contributed by atoms with E-state index in [4.69, 9.17) is 5.11 Å². The molecule has 1 atom stereocenters. The van der Waals surface area contributed by atoms with Crippen LogP contribution in [0.15, 0.2) is 0 Å². The monoisotopic (exact) mass is 245 g/mol. The van der Waals surface area contributed by atoms with Gasteiger partial charge in [0.1, 0.15) is 0 Å². The predicted molar refractivity (Wildman–Crippen MR) is 68.6 cm³/mol. The number of hydrogen-bond acceptors (Lipinski definition) is 3. The van der Waals surface area contributed by atoms with E-state index in [1.54, 1.807) is 0 Å². The second-order valence-corrected chi connectivity index (χ2v) is 6.26. The molecule has 0 radical (unpaired) electrons. The Morgan fingerprint density at radius 3 is 2.62 bits per heavy atom. The van der Waals surface area contributed by atoms with Gasteiger partial charge in [0.15, 0.2) is 0 Å². The van der Waals surface area contributed by atoms with Crippen molar-refractivity contribution < 1.29 is 9.90 Å². The summed E-state index contributed by atoms with van der Waals surface area (Å²) in [5, 5.41) is 12.1. The number of carbonyl (C=O) groups excluding carboxylic acids is 1. The van der Waals surface area contributed by atoms with Gasteiger partial charge in [-0.2, -0.15) is 0 Å². The van der Waals surface area contributed by atoms with Crippen LogP contribution in [0, 0.1) is 5.92 Å². The number of aliphatic hydroxyl groups excluding tert-OH is 1. The molecule has 1 aliphatic carbocycles. The number of amides is 1. The molecular weight excluding hydrogens is 222 g/mol. The van der Waals surface area contributed by atoms with Crippen LogP contribution in [0.1, 0.15) is 39.5 Å². The van der Waals surface area contributed by atoms with Crippen LogP contribution >= 0.6 is 11.8 Å². The zero-order chi connectivity index (χ0) is 12.0. The maximum absolute atomic E-state index is 11.6. The van der Waals surface area contributed by atoms with E-state index < -0.39 is 0 Å². The SMILES string of the molecule is CC1CCC(NC(=O)CSC(C)CO)CC1. The molecule has 1 unspecified atom stereocenters. The summed E-state index contributed by atoms with van der Waals surface area (Å²) in [6.45, 7) is 4.34. The van der Waals surface area contributed by atoms with Gasteiger partial charge in [0, 0.05) is 11.3 Å². The Balaban J connectivity index is 2.14. The third-order valence-electron chi connectivity index (χ3n) is 3.14. The molecule has 1 saturated carbocycles. The molecular formula is C12H23NO2S. The highest BCUT2D eigenvalue weighted by molar-refractivity contribution is 8.00. The summed E-state index contributed by atoms with van der Waals surface area (Å²) >= 11 is 1.51. The molecule has 94 valence electrons. The van der Waals surface area contributed by atoms with E-state index in [9.17, 15) is 4.79 Å². The van der Waals surface area contributed by atoms with Crippen molar-refractivity contribution in [2.24, 2.45) is 5.92 Å². The van der Waals surface area contributed by atoms with E-state index in [-0.39, 0.29) is 17.8 Å². The molecule has 1 amide bonds. The molecule has 16 heavy (non-hydrogen) atoms. The average molecular weight is 245 g/mol. The fourth-order valence-corrected chi connectivity index (χ4v) is 2.57. The van der Waals surface area contributed by atoms with E-state index in [0.717, 1.165) is 18.8 Å². The number of aliphatic hydroxyl groups is 1. The largest absolute Gasteiger partial charge is 0.395 e. The van der Waals surface area contributed by atoms with Gasteiger partial charge in [0.05, 0.1) is 12.4 Å². The van der Waals surface area contributed by atoms with Crippen molar-refractivity contribution in [3.8, 4) is 0 Å². The van der Waals surface area contributed by atoms with Crippen LogP contribution in [-0.2, 0) is 4.79 Å². The second-order valence-electron chi connectivity index (χ2n) is 4.83. The van der Waals surface area contributed by atoms with Crippen molar-refractivity contribution in [2.75, 3.05) is 12.4 Å². The van der Waals surface area contributed by atoms with E-state index in [0.29, 0.717) is 11.8 Å². The zero-order valence-corrected chi connectivity index (χ0v) is 11.1. The first-order chi connectivity index (χ1) is 7.61. The Bertz CT molecular complexity index is 215. The summed E-state index contributed by atoms with van der Waals surface area (Å²) in [6.07, 6.45) is 4.69. The van der Waals surface area contributed by atoms with Crippen LogP contribution in [0.2, 0.25) is 0 Å². The summed E-state index contributed by atoms with van der Waals surface area (Å²) in [5.74, 6) is 1.40. The van der Waals surface area contributed by atoms with Crippen LogP contribution in [0.5, 0.6) is 0 Å². The Labute approximate surface area is 102 Å². The lowest BCUT2D eigenvalue weighted by Gasteiger charge is -2.27. The number of rotatable bonds is 5. The lowest BCUT2D eigenvalue weighted by Crippen LogP contribution is -2.38. The van der Waals surface area contributed by atoms with E-state index in [1.807, 2.05) is 6.92 Å². The van der Waals surface area contributed by atoms with E-state index >= 15 is 0 Å². The van der Waals surface area contributed by atoms with Crippen molar-refractivity contribution in [2.45, 2.75) is 50.8 Å². The quantitative estimate of drug-likeness (QED) is 0.776. The Hall–Kier alpha value is -0.220. The van der Waals surface area contributed by atoms with Gasteiger partial charge in [-0.15, -0.1) is 11.8 Å². The first-order valence-electron chi connectivity index (χ1n) is 6.13. The van der Waals surface area contributed by atoms with Gasteiger partial charge in [-0.1, -0.05) is 13.8 Å². The highest BCUT2D eigenvalue weighted by atomic mass is 32.2. The van der Waals surface area contributed by atoms with Gasteiger partial charge in [0.2, 0.25) is 5.91 Å². The molecule has 0 bridgehead atoms.